The molecule has 4 aliphatic heterocycles. The first-order valence-corrected chi connectivity index (χ1v) is 10.3. The maximum Gasteiger partial charge on any atom is 0.343 e. The van der Waals surface area contributed by atoms with Crippen LogP contribution >= 0.6 is 0 Å². The van der Waals surface area contributed by atoms with E-state index in [0.29, 0.717) is 0 Å². The minimum Gasteiger partial charge on any atom is -0.456 e. The van der Waals surface area contributed by atoms with Crippen molar-refractivity contribution in [2.24, 2.45) is 28.1 Å². The molecule has 0 amide bonds. The first kappa shape index (κ1) is 19.9. The molecule has 12 atom stereocenters. The largest absolute Gasteiger partial charge is 0.456 e. The van der Waals surface area contributed by atoms with E-state index in [-0.39, 0.29) is 0 Å². The van der Waals surface area contributed by atoms with E-state index < -0.39 is 94.0 Å². The van der Waals surface area contributed by atoms with E-state index in [9.17, 15) is 34.8 Å². The van der Waals surface area contributed by atoms with Crippen LogP contribution in [0.2, 0.25) is 0 Å². The van der Waals surface area contributed by atoms with Gasteiger partial charge in [0.15, 0.2) is 30.2 Å². The Bertz CT molecular complexity index is 957. The highest BCUT2D eigenvalue weighted by Gasteiger charge is 3.04. The zero-order valence-corrected chi connectivity index (χ0v) is 17.3. The lowest BCUT2D eigenvalue weighted by molar-refractivity contribution is -0.265. The maximum absolute atomic E-state index is 13.4. The molecule has 2 aliphatic carbocycles. The van der Waals surface area contributed by atoms with Crippen LogP contribution in [0.4, 0.5) is 0 Å². The average molecular weight is 440 g/mol. The summed E-state index contributed by atoms with van der Waals surface area (Å²) in [4.78, 5) is 38.4. The Hall–Kier alpha value is -1.79. The standard InChI is InChI=1S/C20H24O11/c1-5-12(23)29-11-8(21)18-10-6-7(16(2,3)4)17(18,9(22)13(24)28-6)14(25)31-20(18,15(26)30-10)19(5,11)27/h5-11,14,21-22,25,27H,1-4H3/t5-,6?,7?,8?,9+,10?,11+,14+,17?,18?,19-,20+/m1/s1. The van der Waals surface area contributed by atoms with Gasteiger partial charge < -0.3 is 39.4 Å². The summed E-state index contributed by atoms with van der Waals surface area (Å²) in [6, 6.07) is 0. The zero-order valence-electron chi connectivity index (χ0n) is 17.3. The van der Waals surface area contributed by atoms with Crippen molar-refractivity contribution in [3.8, 4) is 0 Å². The number of aliphatic hydroxyl groups excluding tert-OH is 3. The van der Waals surface area contributed by atoms with Gasteiger partial charge in [-0.25, -0.2) is 9.59 Å². The van der Waals surface area contributed by atoms with Gasteiger partial charge in [0.2, 0.25) is 5.60 Å². The number of hydrogen-bond acceptors (Lipinski definition) is 11. The summed E-state index contributed by atoms with van der Waals surface area (Å²) in [6.07, 6.45) is -9.77. The van der Waals surface area contributed by atoms with Gasteiger partial charge >= 0.3 is 17.9 Å². The van der Waals surface area contributed by atoms with Gasteiger partial charge in [-0.1, -0.05) is 20.8 Å². The van der Waals surface area contributed by atoms with E-state index in [1.165, 1.54) is 6.92 Å². The number of carbonyl (C=O) groups excluding carboxylic acids is 3. The van der Waals surface area contributed by atoms with Gasteiger partial charge in [0.1, 0.15) is 12.2 Å². The molecule has 2 saturated carbocycles. The van der Waals surface area contributed by atoms with E-state index >= 15 is 0 Å². The molecular formula is C20H24O11. The van der Waals surface area contributed by atoms with E-state index in [2.05, 4.69) is 0 Å². The zero-order chi connectivity index (χ0) is 22.7. The number of fused-ring (bicyclic) bond motifs is 3. The molecule has 31 heavy (non-hydrogen) atoms. The van der Waals surface area contributed by atoms with Gasteiger partial charge in [0.25, 0.3) is 0 Å². The van der Waals surface area contributed by atoms with Gasteiger partial charge in [-0.2, -0.15) is 0 Å². The van der Waals surface area contributed by atoms with Crippen LogP contribution in [0.5, 0.6) is 0 Å². The van der Waals surface area contributed by atoms with Crippen molar-refractivity contribution in [2.75, 3.05) is 0 Å². The number of esters is 3. The lowest BCUT2D eigenvalue weighted by atomic mass is 9.50. The molecule has 4 saturated heterocycles. The Morgan fingerprint density at radius 3 is 2.19 bits per heavy atom. The maximum atomic E-state index is 13.4. The smallest absolute Gasteiger partial charge is 0.343 e. The molecule has 0 radical (unpaired) electrons. The van der Waals surface area contributed by atoms with Crippen LogP contribution < -0.4 is 0 Å². The van der Waals surface area contributed by atoms with Crippen molar-refractivity contribution < 1.29 is 53.8 Å². The van der Waals surface area contributed by atoms with Gasteiger partial charge in [-0.05, 0) is 12.3 Å². The summed E-state index contributed by atoms with van der Waals surface area (Å²) in [5, 5.41) is 46.0. The quantitative estimate of drug-likeness (QED) is 0.234. The second-order valence-corrected chi connectivity index (χ2v) is 10.8. The third-order valence-electron chi connectivity index (χ3n) is 8.98. The number of hydrogen-bond donors (Lipinski definition) is 4. The van der Waals surface area contributed by atoms with Crippen LogP contribution in [0.25, 0.3) is 0 Å². The minimum atomic E-state index is -2.45. The molecule has 4 N–H and O–H groups in total. The summed E-state index contributed by atoms with van der Waals surface area (Å²) in [6.45, 7) is 6.71. The monoisotopic (exact) mass is 440 g/mol. The fourth-order valence-electron chi connectivity index (χ4n) is 8.29. The lowest BCUT2D eigenvalue weighted by Gasteiger charge is -2.52. The number of carbonyl (C=O) groups is 3. The molecule has 6 aliphatic rings. The Balaban J connectivity index is 1.75. The topological polar surface area (TPSA) is 169 Å². The first-order valence-electron chi connectivity index (χ1n) is 10.3. The molecule has 0 aromatic rings. The highest BCUT2D eigenvalue weighted by molar-refractivity contribution is 5.94. The van der Waals surface area contributed by atoms with E-state index in [0.717, 1.165) is 0 Å². The highest BCUT2D eigenvalue weighted by atomic mass is 16.7. The Labute approximate surface area is 176 Å². The molecule has 170 valence electrons. The van der Waals surface area contributed by atoms with Gasteiger partial charge in [-0.3, -0.25) is 4.79 Å². The molecule has 6 rings (SSSR count). The van der Waals surface area contributed by atoms with E-state index in [4.69, 9.17) is 18.9 Å². The SMILES string of the molecule is C[C@@H]1C(=O)O[C@H]2C(O)C34C5OC(=O)[C@@]3(O[C@H](O)C43C(C(C)(C)C)C5OC(=O)[C@@H]3O)[C@@]12O. The average Bonchev–Trinajstić information content (AvgIpc) is 3.28. The van der Waals surface area contributed by atoms with Crippen LogP contribution in [-0.4, -0.2) is 86.3 Å². The molecule has 0 aromatic carbocycles. The lowest BCUT2D eigenvalue weighted by Crippen LogP contribution is -2.68. The van der Waals surface area contributed by atoms with Crippen LogP contribution in [0.1, 0.15) is 27.7 Å². The molecule has 6 fully saturated rings. The van der Waals surface area contributed by atoms with Crippen LogP contribution in [-0.2, 0) is 33.3 Å². The Morgan fingerprint density at radius 1 is 0.935 bits per heavy atom. The Morgan fingerprint density at radius 2 is 1.58 bits per heavy atom. The number of ether oxygens (including phenoxy) is 4. The minimum absolute atomic E-state index is 0.736. The summed E-state index contributed by atoms with van der Waals surface area (Å²) in [5.41, 5.74) is -9.55. The normalized spacial score (nSPS) is 61.0. The molecule has 11 nitrogen and oxygen atoms in total. The summed E-state index contributed by atoms with van der Waals surface area (Å²) in [5.74, 6) is -5.15. The van der Waals surface area contributed by atoms with Crippen molar-refractivity contribution in [3.63, 3.8) is 0 Å². The summed E-state index contributed by atoms with van der Waals surface area (Å²) < 4.78 is 22.3. The predicted molar refractivity (Wildman–Crippen MR) is 93.4 cm³/mol. The van der Waals surface area contributed by atoms with Crippen molar-refractivity contribution in [1.82, 2.24) is 0 Å². The third kappa shape index (κ3) is 1.43. The Kier molecular flexibility index (Phi) is 3.15. The predicted octanol–water partition coefficient (Wildman–Crippen LogP) is -2.40. The molecular weight excluding hydrogens is 416 g/mol. The number of rotatable bonds is 0. The van der Waals surface area contributed by atoms with Crippen molar-refractivity contribution in [1.29, 1.82) is 0 Å². The van der Waals surface area contributed by atoms with Crippen LogP contribution in [0.15, 0.2) is 0 Å². The van der Waals surface area contributed by atoms with E-state index in [1.807, 2.05) is 0 Å². The molecule has 0 aromatic heterocycles. The number of aliphatic hydroxyl groups is 4. The first-order chi connectivity index (χ1) is 14.3. The van der Waals surface area contributed by atoms with Gasteiger partial charge in [0, 0.05) is 5.92 Å². The van der Waals surface area contributed by atoms with Gasteiger partial charge in [0.05, 0.1) is 16.7 Å². The summed E-state index contributed by atoms with van der Waals surface area (Å²) in [7, 11) is 0. The van der Waals surface area contributed by atoms with Crippen molar-refractivity contribution in [2.45, 2.75) is 75.7 Å². The molecule has 11 heteroatoms. The van der Waals surface area contributed by atoms with Crippen molar-refractivity contribution >= 4 is 17.9 Å². The van der Waals surface area contributed by atoms with Crippen LogP contribution in [0, 0.1) is 28.1 Å². The van der Waals surface area contributed by atoms with E-state index in [1.54, 1.807) is 20.8 Å². The third-order valence-corrected chi connectivity index (χ3v) is 8.98. The molecule has 6 unspecified atom stereocenters. The van der Waals surface area contributed by atoms with Crippen molar-refractivity contribution in [3.05, 3.63) is 0 Å². The molecule has 2 spiro atoms. The van der Waals surface area contributed by atoms with Gasteiger partial charge in [-0.15, -0.1) is 0 Å². The summed E-state index contributed by atoms with van der Waals surface area (Å²) >= 11 is 0. The highest BCUT2D eigenvalue weighted by Crippen LogP contribution is 2.84. The molecule has 2 bridgehead atoms. The second kappa shape index (κ2) is 4.91. The fourth-order valence-corrected chi connectivity index (χ4v) is 8.29. The molecule has 4 heterocycles. The van der Waals surface area contributed by atoms with Crippen LogP contribution in [0.3, 0.4) is 0 Å². The fraction of sp³-hybridized carbons (Fsp3) is 0.850. The second-order valence-electron chi connectivity index (χ2n) is 10.8.